The number of hydrogen-bond donors (Lipinski definition) is 0. The normalized spacial score (nSPS) is 18.3. The van der Waals surface area contributed by atoms with Gasteiger partial charge in [0.25, 0.3) is 0 Å². The third kappa shape index (κ3) is 4.09. The van der Waals surface area contributed by atoms with Gasteiger partial charge in [0.05, 0.1) is 0 Å². The number of aliphatic imine (C=N–C) groups is 1. The molecule has 0 fully saturated rings. The van der Waals surface area contributed by atoms with Crippen LogP contribution in [0.5, 0.6) is 0 Å². The second kappa shape index (κ2) is 9.76. The number of fused-ring (bicyclic) bond motifs is 8. The Balaban J connectivity index is 1.23. The molecule has 0 aromatic heterocycles. The van der Waals surface area contributed by atoms with E-state index in [0.717, 1.165) is 37.3 Å². The van der Waals surface area contributed by atoms with Crippen LogP contribution >= 0.6 is 0 Å². The van der Waals surface area contributed by atoms with E-state index in [0.29, 0.717) is 18.4 Å². The molecule has 188 valence electrons. The van der Waals surface area contributed by atoms with E-state index >= 15 is 0 Å². The SMILES string of the molecule is CC(CCN=C1OCc2ccccc21)C1CCc2ccc3ccccc3c2-c2c(ccc3ccccc23)C1. The summed E-state index contributed by atoms with van der Waals surface area (Å²) in [5, 5.41) is 5.40. The molecule has 0 saturated carbocycles. The second-order valence-corrected chi connectivity index (χ2v) is 11.0. The van der Waals surface area contributed by atoms with Crippen molar-refractivity contribution in [3.05, 3.63) is 119 Å². The van der Waals surface area contributed by atoms with Crippen molar-refractivity contribution >= 4 is 27.4 Å². The summed E-state index contributed by atoms with van der Waals surface area (Å²) in [6.07, 6.45) is 4.50. The molecule has 2 nitrogen and oxygen atoms in total. The minimum Gasteiger partial charge on any atom is -0.473 e. The van der Waals surface area contributed by atoms with Gasteiger partial charge in [0.2, 0.25) is 5.90 Å². The monoisotopic (exact) mass is 495 g/mol. The average Bonchev–Trinajstić information content (AvgIpc) is 3.36. The fraction of sp³-hybridized carbons (Fsp3) is 0.250. The third-order valence-corrected chi connectivity index (χ3v) is 8.80. The summed E-state index contributed by atoms with van der Waals surface area (Å²) in [5.41, 5.74) is 8.27. The molecule has 0 spiro atoms. The van der Waals surface area contributed by atoms with Gasteiger partial charge < -0.3 is 4.74 Å². The van der Waals surface area contributed by atoms with Crippen molar-refractivity contribution in [2.24, 2.45) is 16.8 Å². The first-order chi connectivity index (χ1) is 18.8. The van der Waals surface area contributed by atoms with Crippen molar-refractivity contribution in [2.45, 2.75) is 39.2 Å². The van der Waals surface area contributed by atoms with Crippen LogP contribution in [0.2, 0.25) is 0 Å². The lowest BCUT2D eigenvalue weighted by molar-refractivity contribution is 0.304. The number of nitrogens with zero attached hydrogens (tertiary/aromatic N) is 1. The third-order valence-electron chi connectivity index (χ3n) is 8.80. The Morgan fingerprint density at radius 1 is 0.737 bits per heavy atom. The van der Waals surface area contributed by atoms with E-state index in [1.807, 2.05) is 0 Å². The van der Waals surface area contributed by atoms with Crippen LogP contribution < -0.4 is 0 Å². The van der Waals surface area contributed by atoms with Crippen LogP contribution in [-0.4, -0.2) is 12.4 Å². The molecule has 7 rings (SSSR count). The van der Waals surface area contributed by atoms with Crippen molar-refractivity contribution in [1.82, 2.24) is 0 Å². The Hall–Kier alpha value is -3.91. The summed E-state index contributed by atoms with van der Waals surface area (Å²) in [6, 6.07) is 35.6. The molecular formula is C36H33NO. The van der Waals surface area contributed by atoms with Gasteiger partial charge in [-0.3, -0.25) is 4.99 Å². The molecular weight excluding hydrogens is 462 g/mol. The molecule has 2 atom stereocenters. The quantitative estimate of drug-likeness (QED) is 0.244. The zero-order valence-electron chi connectivity index (χ0n) is 22.0. The average molecular weight is 496 g/mol. The Bertz CT molecular complexity index is 1680. The Morgan fingerprint density at radius 3 is 2.18 bits per heavy atom. The Morgan fingerprint density at radius 2 is 1.39 bits per heavy atom. The second-order valence-electron chi connectivity index (χ2n) is 11.0. The van der Waals surface area contributed by atoms with Gasteiger partial charge in [0.15, 0.2) is 0 Å². The number of aryl methyl sites for hydroxylation is 1. The summed E-state index contributed by atoms with van der Waals surface area (Å²) >= 11 is 0. The predicted octanol–water partition coefficient (Wildman–Crippen LogP) is 8.77. The van der Waals surface area contributed by atoms with Crippen molar-refractivity contribution in [3.63, 3.8) is 0 Å². The van der Waals surface area contributed by atoms with Crippen LogP contribution in [0.15, 0.2) is 102 Å². The molecule has 2 aliphatic rings. The van der Waals surface area contributed by atoms with Gasteiger partial charge in [-0.25, -0.2) is 0 Å². The first kappa shape index (κ1) is 23.2. The lowest BCUT2D eigenvalue weighted by Crippen LogP contribution is -2.19. The zero-order chi connectivity index (χ0) is 25.5. The summed E-state index contributed by atoms with van der Waals surface area (Å²) in [6.45, 7) is 3.89. The standard InChI is InChI=1S/C36H33NO/c1-24(20-21-37-36-33-13-7-4-10-30(33)23-38-36)28-18-17-27-16-14-25-8-2-5-11-31(25)34(27)35-29(22-28)19-15-26-9-3-6-12-32(26)35/h2-16,19,24,28H,17-18,20-23H2,1H3. The van der Waals surface area contributed by atoms with Gasteiger partial charge in [-0.05, 0) is 87.4 Å². The van der Waals surface area contributed by atoms with Crippen LogP contribution in [0.1, 0.15) is 42.0 Å². The fourth-order valence-electron chi connectivity index (χ4n) is 6.63. The van der Waals surface area contributed by atoms with Crippen LogP contribution in [-0.2, 0) is 24.2 Å². The fourth-order valence-corrected chi connectivity index (χ4v) is 6.63. The highest BCUT2D eigenvalue weighted by molar-refractivity contribution is 6.08. The highest BCUT2D eigenvalue weighted by Gasteiger charge is 2.26. The van der Waals surface area contributed by atoms with Crippen molar-refractivity contribution in [1.29, 1.82) is 0 Å². The number of benzene rings is 5. The lowest BCUT2D eigenvalue weighted by Gasteiger charge is -2.29. The molecule has 0 radical (unpaired) electrons. The molecule has 38 heavy (non-hydrogen) atoms. The maximum Gasteiger partial charge on any atom is 0.216 e. The number of hydrogen-bond acceptors (Lipinski definition) is 2. The first-order valence-electron chi connectivity index (χ1n) is 14.0. The van der Waals surface area contributed by atoms with Crippen molar-refractivity contribution in [3.8, 4) is 11.1 Å². The topological polar surface area (TPSA) is 21.6 Å². The van der Waals surface area contributed by atoms with E-state index in [4.69, 9.17) is 9.73 Å². The molecule has 0 bridgehead atoms. The van der Waals surface area contributed by atoms with E-state index in [-0.39, 0.29) is 0 Å². The van der Waals surface area contributed by atoms with Crippen LogP contribution in [0.4, 0.5) is 0 Å². The van der Waals surface area contributed by atoms with Crippen LogP contribution in [0, 0.1) is 11.8 Å². The summed E-state index contributed by atoms with van der Waals surface area (Å²) in [5.74, 6) is 2.02. The summed E-state index contributed by atoms with van der Waals surface area (Å²) in [7, 11) is 0. The predicted molar refractivity (Wildman–Crippen MR) is 159 cm³/mol. The molecule has 1 aliphatic heterocycles. The molecule has 2 heteroatoms. The number of ether oxygens (including phenoxy) is 1. The van der Waals surface area contributed by atoms with Gasteiger partial charge in [-0.2, -0.15) is 0 Å². The maximum atomic E-state index is 5.90. The van der Waals surface area contributed by atoms with E-state index in [1.54, 1.807) is 0 Å². The largest absolute Gasteiger partial charge is 0.473 e. The van der Waals surface area contributed by atoms with Gasteiger partial charge in [-0.15, -0.1) is 0 Å². The molecule has 5 aromatic carbocycles. The van der Waals surface area contributed by atoms with Crippen LogP contribution in [0.25, 0.3) is 32.7 Å². The van der Waals surface area contributed by atoms with Gasteiger partial charge in [0, 0.05) is 17.7 Å². The Labute approximate surface area is 225 Å². The molecule has 2 unspecified atom stereocenters. The van der Waals surface area contributed by atoms with Crippen molar-refractivity contribution < 1.29 is 4.74 Å². The lowest BCUT2D eigenvalue weighted by atomic mass is 9.75. The van der Waals surface area contributed by atoms with Crippen LogP contribution in [0.3, 0.4) is 0 Å². The minimum atomic E-state index is 0.581. The van der Waals surface area contributed by atoms with Gasteiger partial charge in [-0.1, -0.05) is 97.9 Å². The van der Waals surface area contributed by atoms with E-state index in [9.17, 15) is 0 Å². The molecule has 5 aromatic rings. The zero-order valence-corrected chi connectivity index (χ0v) is 22.0. The molecule has 1 aliphatic carbocycles. The molecule has 0 N–H and O–H groups in total. The summed E-state index contributed by atoms with van der Waals surface area (Å²) in [4.78, 5) is 4.89. The first-order valence-corrected chi connectivity index (χ1v) is 14.0. The van der Waals surface area contributed by atoms with Gasteiger partial charge >= 0.3 is 0 Å². The highest BCUT2D eigenvalue weighted by Crippen LogP contribution is 2.43. The van der Waals surface area contributed by atoms with E-state index in [2.05, 4.69) is 104 Å². The highest BCUT2D eigenvalue weighted by atomic mass is 16.5. The maximum absolute atomic E-state index is 5.90. The van der Waals surface area contributed by atoms with Crippen molar-refractivity contribution in [2.75, 3.05) is 6.54 Å². The van der Waals surface area contributed by atoms with E-state index in [1.165, 1.54) is 55.8 Å². The molecule has 1 heterocycles. The summed E-state index contributed by atoms with van der Waals surface area (Å²) < 4.78 is 5.90. The Kier molecular flexibility index (Phi) is 5.96. The minimum absolute atomic E-state index is 0.581. The van der Waals surface area contributed by atoms with Gasteiger partial charge in [0.1, 0.15) is 6.61 Å². The molecule has 0 saturated heterocycles. The number of rotatable bonds is 4. The smallest absolute Gasteiger partial charge is 0.216 e. The molecule has 0 amide bonds. The van der Waals surface area contributed by atoms with E-state index < -0.39 is 0 Å².